The molecule has 1 atom stereocenters. The highest BCUT2D eigenvalue weighted by atomic mass is 35.5. The van der Waals surface area contributed by atoms with Gasteiger partial charge in [-0.2, -0.15) is 5.06 Å². The van der Waals surface area contributed by atoms with Crippen LogP contribution in [0.1, 0.15) is 6.92 Å². The number of carbonyl (C=O) groups excluding carboxylic acids is 1. The third kappa shape index (κ3) is 7.16. The monoisotopic (exact) mass is 410 g/mol. The van der Waals surface area contributed by atoms with Crippen molar-refractivity contribution in [1.82, 2.24) is 20.6 Å². The zero-order valence-corrected chi connectivity index (χ0v) is 16.1. The Bertz CT molecular complexity index is 749. The van der Waals surface area contributed by atoms with Crippen molar-refractivity contribution in [1.29, 1.82) is 0 Å². The second-order valence-electron chi connectivity index (χ2n) is 5.71. The summed E-state index contributed by atoms with van der Waals surface area (Å²) in [5.41, 5.74) is 2.35. The highest BCUT2D eigenvalue weighted by Gasteiger charge is 2.13. The smallest absolute Gasteiger partial charge is 0.265 e. The van der Waals surface area contributed by atoms with Gasteiger partial charge in [-0.05, 0) is 18.2 Å². The maximum absolute atomic E-state index is 11.7. The van der Waals surface area contributed by atoms with E-state index in [4.69, 9.17) is 27.0 Å². The molecule has 0 bridgehead atoms. The van der Waals surface area contributed by atoms with Crippen molar-refractivity contribution in [2.75, 3.05) is 31.7 Å². The summed E-state index contributed by atoms with van der Waals surface area (Å²) >= 11 is 5.99. The predicted molar refractivity (Wildman–Crippen MR) is 104 cm³/mol. The number of para-hydroxylation sites is 1. The fourth-order valence-corrected chi connectivity index (χ4v) is 2.27. The summed E-state index contributed by atoms with van der Waals surface area (Å²) in [6.45, 7) is 2.35. The number of benzene rings is 1. The van der Waals surface area contributed by atoms with E-state index in [0.29, 0.717) is 23.1 Å². The topological polar surface area (TPSA) is 135 Å². The molecule has 0 aliphatic carbocycles. The van der Waals surface area contributed by atoms with E-state index in [1.165, 1.54) is 13.0 Å². The lowest BCUT2D eigenvalue weighted by Crippen LogP contribution is -2.40. The van der Waals surface area contributed by atoms with Crippen molar-refractivity contribution in [3.05, 3.63) is 41.4 Å². The first-order valence-corrected chi connectivity index (χ1v) is 8.90. The molecule has 5 N–H and O–H groups in total. The minimum Gasteiger partial charge on any atom is -0.489 e. The molecule has 2 aromatic rings. The van der Waals surface area contributed by atoms with E-state index in [0.717, 1.165) is 5.06 Å². The molecular formula is C17H23ClN6O4. The Kier molecular flexibility index (Phi) is 8.69. The van der Waals surface area contributed by atoms with Crippen LogP contribution >= 0.6 is 11.6 Å². The van der Waals surface area contributed by atoms with Crippen molar-refractivity contribution in [2.45, 2.75) is 13.0 Å². The number of nitrogens with two attached hydrogens (primary N) is 1. The zero-order chi connectivity index (χ0) is 20.4. The normalized spacial score (nSPS) is 11.6. The second kappa shape index (κ2) is 11.2. The van der Waals surface area contributed by atoms with Gasteiger partial charge in [0.25, 0.3) is 11.8 Å². The number of hydrogen-bond donors (Lipinski definition) is 4. The summed E-state index contributed by atoms with van der Waals surface area (Å²) in [5, 5.41) is 22.2. The maximum atomic E-state index is 11.7. The number of amides is 1. The molecule has 10 nitrogen and oxygen atoms in total. The number of nitrogens with one attached hydrogen (secondary N) is 2. The van der Waals surface area contributed by atoms with Gasteiger partial charge >= 0.3 is 0 Å². The first kappa shape index (κ1) is 21.6. The summed E-state index contributed by atoms with van der Waals surface area (Å²) < 4.78 is 5.47. The Labute approximate surface area is 167 Å². The third-order valence-corrected chi connectivity index (χ3v) is 3.79. The molecule has 0 radical (unpaired) electrons. The van der Waals surface area contributed by atoms with Gasteiger partial charge in [-0.15, -0.1) is 10.2 Å². The van der Waals surface area contributed by atoms with Gasteiger partial charge in [0, 0.05) is 26.1 Å². The van der Waals surface area contributed by atoms with Gasteiger partial charge in [-0.3, -0.25) is 4.79 Å². The quantitative estimate of drug-likeness (QED) is 0.238. The van der Waals surface area contributed by atoms with Crippen molar-refractivity contribution >= 4 is 23.3 Å². The molecule has 1 aromatic carbocycles. The first-order chi connectivity index (χ1) is 13.5. The number of halogens is 1. The number of nitrogen functional groups attached to an aromatic ring is 1. The number of rotatable bonds is 11. The number of hydrazine groups is 1. The summed E-state index contributed by atoms with van der Waals surface area (Å²) in [7, 11) is 0. The molecule has 1 heterocycles. The minimum atomic E-state index is -0.745. The summed E-state index contributed by atoms with van der Waals surface area (Å²) in [5.74, 6) is 5.95. The zero-order valence-electron chi connectivity index (χ0n) is 15.3. The van der Waals surface area contributed by atoms with Gasteiger partial charge in [0.1, 0.15) is 18.5 Å². The molecule has 0 aliphatic heterocycles. The van der Waals surface area contributed by atoms with Crippen molar-refractivity contribution in [3.8, 4) is 11.6 Å². The van der Waals surface area contributed by atoms with Crippen LogP contribution in [-0.2, 0) is 4.79 Å². The van der Waals surface area contributed by atoms with Gasteiger partial charge in [0.2, 0.25) is 0 Å². The third-order valence-electron chi connectivity index (χ3n) is 3.48. The van der Waals surface area contributed by atoms with E-state index in [1.807, 2.05) is 0 Å². The molecular weight excluding hydrogens is 388 g/mol. The highest BCUT2D eigenvalue weighted by molar-refractivity contribution is 6.32. The fourth-order valence-electron chi connectivity index (χ4n) is 2.08. The van der Waals surface area contributed by atoms with E-state index in [-0.39, 0.29) is 31.5 Å². The predicted octanol–water partition coefficient (Wildman–Crippen LogP) is 0.587. The standard InChI is InChI=1S/C17H23ClN6O4/c1-12(25)24(28-17-7-6-16(21-19)22-23-17)9-8-20-10-13(26)11-27-15-5-3-2-4-14(15)18/h2-7,13,20,26H,8-11,19H2,1H3,(H,21,22). The number of nitrogens with zero attached hydrogens (tertiary/aromatic N) is 3. The number of aliphatic hydroxyl groups is 1. The van der Waals surface area contributed by atoms with Crippen LogP contribution < -0.4 is 26.2 Å². The van der Waals surface area contributed by atoms with E-state index in [1.54, 1.807) is 30.3 Å². The van der Waals surface area contributed by atoms with Gasteiger partial charge in [0.05, 0.1) is 11.6 Å². The molecule has 0 aliphatic rings. The number of hydroxylamine groups is 2. The first-order valence-electron chi connectivity index (χ1n) is 8.52. The summed E-state index contributed by atoms with van der Waals surface area (Å²) in [4.78, 5) is 17.1. The molecule has 0 fully saturated rings. The second-order valence-corrected chi connectivity index (χ2v) is 6.12. The van der Waals surface area contributed by atoms with E-state index in [9.17, 15) is 9.90 Å². The lowest BCUT2D eigenvalue weighted by atomic mass is 10.3. The maximum Gasteiger partial charge on any atom is 0.265 e. The number of aliphatic hydroxyl groups excluding tert-OH is 1. The molecule has 1 unspecified atom stereocenters. The molecule has 0 saturated carbocycles. The number of aromatic nitrogens is 2. The van der Waals surface area contributed by atoms with Crippen LogP contribution in [0.25, 0.3) is 0 Å². The molecule has 2 rings (SSSR count). The van der Waals surface area contributed by atoms with E-state index >= 15 is 0 Å². The molecule has 0 spiro atoms. The van der Waals surface area contributed by atoms with Crippen LogP contribution in [0.15, 0.2) is 36.4 Å². The number of anilines is 1. The molecule has 1 aromatic heterocycles. The highest BCUT2D eigenvalue weighted by Crippen LogP contribution is 2.23. The number of ether oxygens (including phenoxy) is 1. The van der Waals surface area contributed by atoms with E-state index < -0.39 is 6.10 Å². The van der Waals surface area contributed by atoms with Gasteiger partial charge in [-0.1, -0.05) is 23.7 Å². The Balaban J connectivity index is 1.70. The van der Waals surface area contributed by atoms with E-state index in [2.05, 4.69) is 20.9 Å². The van der Waals surface area contributed by atoms with Gasteiger partial charge < -0.3 is 25.4 Å². The number of carbonyl (C=O) groups is 1. The Morgan fingerprint density at radius 3 is 2.75 bits per heavy atom. The largest absolute Gasteiger partial charge is 0.489 e. The Morgan fingerprint density at radius 2 is 2.11 bits per heavy atom. The average Bonchev–Trinajstić information content (AvgIpc) is 2.70. The molecule has 11 heteroatoms. The van der Waals surface area contributed by atoms with Gasteiger partial charge in [0.15, 0.2) is 5.82 Å². The lowest BCUT2D eigenvalue weighted by molar-refractivity contribution is -0.155. The van der Waals surface area contributed by atoms with Gasteiger partial charge in [-0.25, -0.2) is 5.84 Å². The van der Waals surface area contributed by atoms with Crippen molar-refractivity contribution < 1.29 is 19.5 Å². The molecule has 152 valence electrons. The fraction of sp³-hybridized carbons (Fsp3) is 0.353. The van der Waals surface area contributed by atoms with Crippen LogP contribution in [0.2, 0.25) is 5.02 Å². The molecule has 1 amide bonds. The molecule has 0 saturated heterocycles. The average molecular weight is 411 g/mol. The summed E-state index contributed by atoms with van der Waals surface area (Å²) in [6, 6.07) is 10.1. The summed E-state index contributed by atoms with van der Waals surface area (Å²) in [6.07, 6.45) is -0.745. The van der Waals surface area contributed by atoms with Crippen molar-refractivity contribution in [2.24, 2.45) is 5.84 Å². The van der Waals surface area contributed by atoms with Crippen LogP contribution in [0.5, 0.6) is 11.6 Å². The lowest BCUT2D eigenvalue weighted by Gasteiger charge is -2.20. The van der Waals surface area contributed by atoms with Crippen LogP contribution in [0.3, 0.4) is 0 Å². The number of hydrogen-bond acceptors (Lipinski definition) is 9. The van der Waals surface area contributed by atoms with Crippen LogP contribution in [0.4, 0.5) is 5.82 Å². The van der Waals surface area contributed by atoms with Crippen molar-refractivity contribution in [3.63, 3.8) is 0 Å². The minimum absolute atomic E-state index is 0.0841. The Morgan fingerprint density at radius 1 is 1.32 bits per heavy atom. The SMILES string of the molecule is CC(=O)N(CCNCC(O)COc1ccccc1Cl)Oc1ccc(NN)nn1. The molecule has 28 heavy (non-hydrogen) atoms. The van der Waals surface area contributed by atoms with Crippen LogP contribution in [-0.4, -0.2) is 58.6 Å². The Hall–Kier alpha value is -2.66. The van der Waals surface area contributed by atoms with Crippen LogP contribution in [0, 0.1) is 0 Å².